The van der Waals surface area contributed by atoms with Crippen LogP contribution in [0.1, 0.15) is 0 Å². The van der Waals surface area contributed by atoms with Gasteiger partial charge in [0.1, 0.15) is 6.26 Å². The predicted octanol–water partition coefficient (Wildman–Crippen LogP) is -0.766. The average Bonchev–Trinajstić information content (AvgIpc) is 1.83. The number of carbonyl (C=O) groups excluding carboxylic acids is 1. The Morgan fingerprint density at radius 1 is 1.60 bits per heavy atom. The lowest BCUT2D eigenvalue weighted by Gasteiger charge is -2.16. The molecule has 6 heteroatoms. The van der Waals surface area contributed by atoms with Crippen LogP contribution in [-0.4, -0.2) is 25.7 Å². The van der Waals surface area contributed by atoms with E-state index >= 15 is 0 Å². The van der Waals surface area contributed by atoms with Crippen molar-refractivity contribution in [1.82, 2.24) is 4.31 Å². The Hall–Kier alpha value is -1.04. The van der Waals surface area contributed by atoms with Crippen molar-refractivity contribution in [2.24, 2.45) is 0 Å². The molecule has 0 aromatic heterocycles. The number of nitrogens with zero attached hydrogens (tertiary/aromatic N) is 1. The largest absolute Gasteiger partial charge is 0.411 e. The monoisotopic (exact) mass is 163 g/mol. The van der Waals surface area contributed by atoms with Crippen molar-refractivity contribution >= 4 is 16.2 Å². The third kappa shape index (κ3) is 0.971. The second kappa shape index (κ2) is 1.98. The van der Waals surface area contributed by atoms with Crippen molar-refractivity contribution in [2.75, 3.05) is 7.05 Å². The van der Waals surface area contributed by atoms with E-state index in [2.05, 4.69) is 4.18 Å². The van der Waals surface area contributed by atoms with Crippen LogP contribution in [0.2, 0.25) is 0 Å². The molecule has 0 spiro atoms. The van der Waals surface area contributed by atoms with Crippen LogP contribution in [-0.2, 0) is 19.3 Å². The number of hydrogen-bond donors (Lipinski definition) is 0. The van der Waals surface area contributed by atoms with Gasteiger partial charge in [-0.15, -0.1) is 0 Å². The van der Waals surface area contributed by atoms with Gasteiger partial charge in [-0.3, -0.25) is 4.79 Å². The smallest absolute Gasteiger partial charge is 0.374 e. The quantitative estimate of drug-likeness (QED) is 0.470. The SMILES string of the molecule is CN1C(=O)C=COS1(=O)=O. The second-order valence-electron chi connectivity index (χ2n) is 1.66. The molecule has 0 saturated carbocycles. The molecule has 1 rings (SSSR count). The summed E-state index contributed by atoms with van der Waals surface area (Å²) in [5, 5.41) is 0. The molecule has 1 aliphatic rings. The van der Waals surface area contributed by atoms with Gasteiger partial charge in [-0.2, -0.15) is 8.42 Å². The topological polar surface area (TPSA) is 63.7 Å². The highest BCUT2D eigenvalue weighted by molar-refractivity contribution is 7.85. The Kier molecular flexibility index (Phi) is 1.40. The van der Waals surface area contributed by atoms with Crippen LogP contribution in [0.15, 0.2) is 12.3 Å². The maximum Gasteiger partial charge on any atom is 0.411 e. The molecule has 0 bridgehead atoms. The molecule has 0 atom stereocenters. The first-order chi connectivity index (χ1) is 4.54. The van der Waals surface area contributed by atoms with Gasteiger partial charge < -0.3 is 4.18 Å². The molecule has 56 valence electrons. The zero-order valence-corrected chi connectivity index (χ0v) is 5.96. The molecule has 1 amide bonds. The molecule has 0 N–H and O–H groups in total. The minimum atomic E-state index is -3.81. The van der Waals surface area contributed by atoms with E-state index in [0.29, 0.717) is 4.31 Å². The molecule has 0 aliphatic carbocycles. The standard InChI is InChI=1S/C4H5NO4S/c1-5-4(6)2-3-9-10(5,7)8/h2-3H,1H3. The van der Waals surface area contributed by atoms with Gasteiger partial charge in [-0.25, -0.2) is 4.31 Å². The van der Waals surface area contributed by atoms with E-state index in [0.717, 1.165) is 19.4 Å². The molecule has 0 aromatic rings. The van der Waals surface area contributed by atoms with Gasteiger partial charge in [0.2, 0.25) is 0 Å². The fraction of sp³-hybridized carbons (Fsp3) is 0.250. The molecule has 0 saturated heterocycles. The first-order valence-corrected chi connectivity index (χ1v) is 3.78. The molecule has 0 fully saturated rings. The first kappa shape index (κ1) is 7.07. The number of hydrogen-bond acceptors (Lipinski definition) is 4. The Bertz CT molecular complexity index is 278. The summed E-state index contributed by atoms with van der Waals surface area (Å²) >= 11 is 0. The van der Waals surface area contributed by atoms with Gasteiger partial charge in [-0.05, 0) is 0 Å². The van der Waals surface area contributed by atoms with E-state index in [9.17, 15) is 13.2 Å². The summed E-state index contributed by atoms with van der Waals surface area (Å²) in [5.74, 6) is -0.605. The van der Waals surface area contributed by atoms with Gasteiger partial charge in [0.15, 0.2) is 0 Å². The summed E-state index contributed by atoms with van der Waals surface area (Å²) in [6, 6.07) is 0. The third-order valence-electron chi connectivity index (χ3n) is 1.03. The van der Waals surface area contributed by atoms with Crippen LogP contribution >= 0.6 is 0 Å². The van der Waals surface area contributed by atoms with E-state index in [1.807, 2.05) is 0 Å². The van der Waals surface area contributed by atoms with Crippen molar-refractivity contribution in [3.05, 3.63) is 12.3 Å². The predicted molar refractivity (Wildman–Crippen MR) is 31.9 cm³/mol. The number of carbonyl (C=O) groups is 1. The van der Waals surface area contributed by atoms with Crippen molar-refractivity contribution in [3.63, 3.8) is 0 Å². The highest BCUT2D eigenvalue weighted by atomic mass is 32.2. The van der Waals surface area contributed by atoms with Crippen molar-refractivity contribution < 1.29 is 17.4 Å². The van der Waals surface area contributed by atoms with Crippen molar-refractivity contribution in [2.45, 2.75) is 0 Å². The van der Waals surface area contributed by atoms with Crippen LogP contribution in [0.3, 0.4) is 0 Å². The van der Waals surface area contributed by atoms with Crippen LogP contribution in [0.5, 0.6) is 0 Å². The van der Waals surface area contributed by atoms with E-state index in [4.69, 9.17) is 0 Å². The van der Waals surface area contributed by atoms with Gasteiger partial charge in [0.05, 0.1) is 0 Å². The fourth-order valence-corrected chi connectivity index (χ4v) is 1.04. The van der Waals surface area contributed by atoms with Crippen LogP contribution in [0, 0.1) is 0 Å². The van der Waals surface area contributed by atoms with Gasteiger partial charge in [0, 0.05) is 13.1 Å². The summed E-state index contributed by atoms with van der Waals surface area (Å²) in [6.07, 6.45) is 1.87. The van der Waals surface area contributed by atoms with Crippen molar-refractivity contribution in [1.29, 1.82) is 0 Å². The zero-order valence-electron chi connectivity index (χ0n) is 5.14. The van der Waals surface area contributed by atoms with Crippen LogP contribution in [0.4, 0.5) is 0 Å². The van der Waals surface area contributed by atoms with E-state index in [-0.39, 0.29) is 0 Å². The van der Waals surface area contributed by atoms with Crippen LogP contribution < -0.4 is 0 Å². The number of rotatable bonds is 0. The van der Waals surface area contributed by atoms with Gasteiger partial charge >= 0.3 is 10.3 Å². The highest BCUT2D eigenvalue weighted by Crippen LogP contribution is 2.06. The molecule has 0 aromatic carbocycles. The molecule has 5 nitrogen and oxygen atoms in total. The Morgan fingerprint density at radius 3 is 2.60 bits per heavy atom. The second-order valence-corrected chi connectivity index (χ2v) is 3.26. The molecule has 10 heavy (non-hydrogen) atoms. The van der Waals surface area contributed by atoms with Gasteiger partial charge in [0.25, 0.3) is 5.91 Å². The maximum atomic E-state index is 10.6. The Labute approximate surface area is 58.1 Å². The molecule has 1 heterocycles. The summed E-state index contributed by atoms with van der Waals surface area (Å²) in [7, 11) is -2.69. The van der Waals surface area contributed by atoms with E-state index < -0.39 is 16.2 Å². The molecule has 0 radical (unpaired) electrons. The Morgan fingerprint density at radius 2 is 2.20 bits per heavy atom. The van der Waals surface area contributed by atoms with E-state index in [1.165, 1.54) is 0 Å². The van der Waals surface area contributed by atoms with E-state index in [1.54, 1.807) is 0 Å². The molecule has 0 unspecified atom stereocenters. The molecular formula is C4H5NO4S. The molecule has 1 aliphatic heterocycles. The minimum Gasteiger partial charge on any atom is -0.374 e. The summed E-state index contributed by atoms with van der Waals surface area (Å²) < 4.78 is 25.9. The highest BCUT2D eigenvalue weighted by Gasteiger charge is 2.25. The lowest BCUT2D eigenvalue weighted by Crippen LogP contribution is -2.34. The lowest BCUT2D eigenvalue weighted by atomic mass is 10.6. The minimum absolute atomic E-state index is 0.521. The normalized spacial score (nSPS) is 22.5. The van der Waals surface area contributed by atoms with Gasteiger partial charge in [-0.1, -0.05) is 0 Å². The summed E-state index contributed by atoms with van der Waals surface area (Å²) in [6.45, 7) is 0. The third-order valence-corrected chi connectivity index (χ3v) is 2.24. The average molecular weight is 163 g/mol. The number of amides is 1. The first-order valence-electron chi connectivity index (χ1n) is 2.42. The number of likely N-dealkylation sites (N-methyl/N-ethyl adjacent to an activating group) is 1. The summed E-state index contributed by atoms with van der Waals surface area (Å²) in [4.78, 5) is 10.6. The maximum absolute atomic E-state index is 10.6. The van der Waals surface area contributed by atoms with Crippen LogP contribution in [0.25, 0.3) is 0 Å². The fourth-order valence-electron chi connectivity index (χ4n) is 0.436. The van der Waals surface area contributed by atoms with Crippen molar-refractivity contribution in [3.8, 4) is 0 Å². The Balaban J connectivity index is 3.09. The summed E-state index contributed by atoms with van der Waals surface area (Å²) in [5.41, 5.74) is 0. The molecular weight excluding hydrogens is 158 g/mol. The zero-order chi connectivity index (χ0) is 7.78. The lowest BCUT2D eigenvalue weighted by molar-refractivity contribution is -0.121.